The first kappa shape index (κ1) is 14.7. The minimum atomic E-state index is -1.06. The minimum Gasteiger partial charge on any atom is -0.271 e. The number of hydrogen-bond acceptors (Lipinski definition) is 3. The molecule has 0 radical (unpaired) electrons. The number of aryl methyl sites for hydroxylation is 1. The van der Waals surface area contributed by atoms with E-state index >= 15 is 0 Å². The lowest BCUT2D eigenvalue weighted by Gasteiger charge is -2.11. The van der Waals surface area contributed by atoms with Crippen LogP contribution in [0.4, 0.5) is 13.2 Å². The summed E-state index contributed by atoms with van der Waals surface area (Å²) in [6.07, 6.45) is 3.71. The van der Waals surface area contributed by atoms with Crippen molar-refractivity contribution in [3.63, 3.8) is 0 Å². The highest BCUT2D eigenvalue weighted by Crippen LogP contribution is 2.29. The van der Waals surface area contributed by atoms with Crippen LogP contribution in [0.5, 0.6) is 0 Å². The van der Waals surface area contributed by atoms with E-state index in [0.29, 0.717) is 24.2 Å². The number of fused-ring (bicyclic) bond motifs is 1. The summed E-state index contributed by atoms with van der Waals surface area (Å²) in [5, 5.41) is 4.19. The molecule has 8 heteroatoms. The first-order valence-electron chi connectivity index (χ1n) is 7.31. The summed E-state index contributed by atoms with van der Waals surface area (Å²) in [6, 6.07) is 4.08. The van der Waals surface area contributed by atoms with Gasteiger partial charge in [-0.2, -0.15) is 4.68 Å². The molecule has 1 aliphatic rings. The molecule has 1 aliphatic heterocycles. The second-order valence-electron chi connectivity index (χ2n) is 5.57. The number of nitrogens with zero attached hydrogens (tertiary/aromatic N) is 4. The molecule has 0 spiro atoms. The van der Waals surface area contributed by atoms with Gasteiger partial charge < -0.3 is 0 Å². The standard InChI is InChI=1S/C16H11F3N4O/c17-10-5-9(7-20-8-10)14-3-4-15-21-23(16(24)22(14)15)11-1-2-12(18)13(19)6-11/h1-2,5-8,14H,3-4H2/t14-/m1/s1. The molecule has 0 saturated heterocycles. The SMILES string of the molecule is O=c1n(-c2ccc(F)c(F)c2)nc2n1[C@@H](c1cncc(F)c1)CC2. The third-order valence-corrected chi connectivity index (χ3v) is 4.09. The molecule has 3 aromatic rings. The first-order chi connectivity index (χ1) is 11.5. The van der Waals surface area contributed by atoms with Crippen LogP contribution in [-0.2, 0) is 6.42 Å². The first-order valence-corrected chi connectivity index (χ1v) is 7.31. The van der Waals surface area contributed by atoms with Crippen molar-refractivity contribution in [2.45, 2.75) is 18.9 Å². The van der Waals surface area contributed by atoms with Gasteiger partial charge in [-0.15, -0.1) is 5.10 Å². The van der Waals surface area contributed by atoms with Gasteiger partial charge in [-0.25, -0.2) is 18.0 Å². The van der Waals surface area contributed by atoms with Crippen molar-refractivity contribution in [3.8, 4) is 5.69 Å². The highest BCUT2D eigenvalue weighted by atomic mass is 19.2. The summed E-state index contributed by atoms with van der Waals surface area (Å²) in [7, 11) is 0. The second-order valence-corrected chi connectivity index (χ2v) is 5.57. The number of benzene rings is 1. The zero-order valence-corrected chi connectivity index (χ0v) is 12.3. The zero-order chi connectivity index (χ0) is 16.8. The van der Waals surface area contributed by atoms with E-state index < -0.39 is 23.1 Å². The van der Waals surface area contributed by atoms with E-state index in [2.05, 4.69) is 10.1 Å². The van der Waals surface area contributed by atoms with Crippen molar-refractivity contribution in [3.05, 3.63) is 76.0 Å². The molecule has 122 valence electrons. The van der Waals surface area contributed by atoms with Crippen LogP contribution in [-0.4, -0.2) is 19.3 Å². The van der Waals surface area contributed by atoms with Crippen LogP contribution in [0, 0.1) is 17.5 Å². The van der Waals surface area contributed by atoms with Crippen LogP contribution in [0.1, 0.15) is 23.9 Å². The molecule has 3 heterocycles. The fraction of sp³-hybridized carbons (Fsp3) is 0.188. The Kier molecular flexibility index (Phi) is 3.26. The summed E-state index contributed by atoms with van der Waals surface area (Å²) in [4.78, 5) is 16.5. The minimum absolute atomic E-state index is 0.136. The van der Waals surface area contributed by atoms with Crippen LogP contribution in [0.3, 0.4) is 0 Å². The largest absolute Gasteiger partial charge is 0.351 e. The molecule has 24 heavy (non-hydrogen) atoms. The molecular formula is C16H11F3N4O. The number of pyridine rings is 1. The van der Waals surface area contributed by atoms with Gasteiger partial charge in [-0.3, -0.25) is 9.55 Å². The maximum Gasteiger partial charge on any atom is 0.351 e. The smallest absolute Gasteiger partial charge is 0.271 e. The lowest BCUT2D eigenvalue weighted by Crippen LogP contribution is -2.26. The van der Waals surface area contributed by atoms with E-state index in [9.17, 15) is 18.0 Å². The van der Waals surface area contributed by atoms with Gasteiger partial charge in [0.2, 0.25) is 0 Å². The maximum atomic E-state index is 13.4. The quantitative estimate of drug-likeness (QED) is 0.724. The zero-order valence-electron chi connectivity index (χ0n) is 12.3. The number of aromatic nitrogens is 4. The average Bonchev–Trinajstić information content (AvgIpc) is 3.11. The van der Waals surface area contributed by atoms with Gasteiger partial charge in [0, 0.05) is 18.7 Å². The van der Waals surface area contributed by atoms with Gasteiger partial charge in [0.1, 0.15) is 11.6 Å². The van der Waals surface area contributed by atoms with Crippen LogP contribution >= 0.6 is 0 Å². The van der Waals surface area contributed by atoms with Crippen LogP contribution < -0.4 is 5.69 Å². The predicted molar refractivity (Wildman–Crippen MR) is 78.4 cm³/mol. The Bertz CT molecular complexity index is 995. The van der Waals surface area contributed by atoms with Crippen LogP contribution in [0.25, 0.3) is 5.69 Å². The van der Waals surface area contributed by atoms with Crippen molar-refractivity contribution in [1.82, 2.24) is 19.3 Å². The van der Waals surface area contributed by atoms with Gasteiger partial charge in [0.25, 0.3) is 0 Å². The number of hydrogen-bond donors (Lipinski definition) is 0. The van der Waals surface area contributed by atoms with Crippen molar-refractivity contribution in [1.29, 1.82) is 0 Å². The molecule has 0 unspecified atom stereocenters. The Labute approximate surface area is 134 Å². The summed E-state index contributed by atoms with van der Waals surface area (Å²) in [5.74, 6) is -2.03. The third-order valence-electron chi connectivity index (χ3n) is 4.09. The van der Waals surface area contributed by atoms with Crippen LogP contribution in [0.2, 0.25) is 0 Å². The summed E-state index contributed by atoms with van der Waals surface area (Å²) in [6.45, 7) is 0. The van der Waals surface area contributed by atoms with Gasteiger partial charge in [-0.05, 0) is 30.2 Å². The van der Waals surface area contributed by atoms with Gasteiger partial charge in [0.15, 0.2) is 11.6 Å². The predicted octanol–water partition coefficient (Wildman–Crippen LogP) is 2.38. The number of rotatable bonds is 2. The van der Waals surface area contributed by atoms with E-state index in [0.717, 1.165) is 23.0 Å². The van der Waals surface area contributed by atoms with Crippen molar-refractivity contribution in [2.24, 2.45) is 0 Å². The molecule has 1 atom stereocenters. The van der Waals surface area contributed by atoms with Crippen LogP contribution in [0.15, 0.2) is 41.5 Å². The Morgan fingerprint density at radius 3 is 2.67 bits per heavy atom. The molecule has 0 amide bonds. The van der Waals surface area contributed by atoms with Crippen molar-refractivity contribution >= 4 is 0 Å². The van der Waals surface area contributed by atoms with Crippen molar-refractivity contribution in [2.75, 3.05) is 0 Å². The van der Waals surface area contributed by atoms with E-state index in [-0.39, 0.29) is 11.7 Å². The molecule has 0 aliphatic carbocycles. The van der Waals surface area contributed by atoms with E-state index in [4.69, 9.17) is 0 Å². The van der Waals surface area contributed by atoms with Gasteiger partial charge in [-0.1, -0.05) is 0 Å². The van der Waals surface area contributed by atoms with E-state index in [1.807, 2.05) is 0 Å². The normalized spacial score (nSPS) is 16.4. The monoisotopic (exact) mass is 332 g/mol. The molecule has 0 saturated carbocycles. The average molecular weight is 332 g/mol. The Morgan fingerprint density at radius 2 is 1.92 bits per heavy atom. The maximum absolute atomic E-state index is 13.4. The van der Waals surface area contributed by atoms with E-state index in [1.54, 1.807) is 0 Å². The highest BCUT2D eigenvalue weighted by molar-refractivity contribution is 5.32. The summed E-state index contributed by atoms with van der Waals surface area (Å²) >= 11 is 0. The van der Waals surface area contributed by atoms with E-state index in [1.165, 1.54) is 22.9 Å². The molecule has 5 nitrogen and oxygen atoms in total. The Morgan fingerprint density at radius 1 is 1.08 bits per heavy atom. The summed E-state index contributed by atoms with van der Waals surface area (Å²) < 4.78 is 42.3. The van der Waals surface area contributed by atoms with Gasteiger partial charge >= 0.3 is 5.69 Å². The summed E-state index contributed by atoms with van der Waals surface area (Å²) in [5.41, 5.74) is 0.223. The highest BCUT2D eigenvalue weighted by Gasteiger charge is 2.29. The fourth-order valence-electron chi connectivity index (χ4n) is 3.01. The lowest BCUT2D eigenvalue weighted by atomic mass is 10.1. The molecule has 0 fully saturated rings. The Hall–Kier alpha value is -2.90. The number of halogens is 3. The molecule has 1 aromatic carbocycles. The third kappa shape index (κ3) is 2.22. The Balaban J connectivity index is 1.82. The molecule has 0 bridgehead atoms. The lowest BCUT2D eigenvalue weighted by molar-refractivity contribution is 0.507. The van der Waals surface area contributed by atoms with Gasteiger partial charge in [0.05, 0.1) is 17.9 Å². The fourth-order valence-corrected chi connectivity index (χ4v) is 3.01. The molecular weight excluding hydrogens is 321 g/mol. The van der Waals surface area contributed by atoms with Crippen molar-refractivity contribution < 1.29 is 13.2 Å². The molecule has 4 rings (SSSR count). The molecule has 2 aromatic heterocycles. The second kappa shape index (κ2) is 5.33. The topological polar surface area (TPSA) is 52.7 Å². The molecule has 0 N–H and O–H groups in total.